The molecule has 0 amide bonds. The Morgan fingerprint density at radius 3 is 1.03 bits per heavy atom. The molecule has 366 valence electrons. The summed E-state index contributed by atoms with van der Waals surface area (Å²) in [5.74, 6) is -1.04. The summed E-state index contributed by atoms with van der Waals surface area (Å²) in [6.45, 7) is 6.35. The summed E-state index contributed by atoms with van der Waals surface area (Å²) in [5, 5.41) is 0. The normalized spacial score (nSPS) is 13.1. The molecule has 0 aromatic carbocycles. The highest BCUT2D eigenvalue weighted by molar-refractivity contribution is 5.71. The number of rotatable bonds is 45. The van der Waals surface area contributed by atoms with Gasteiger partial charge in [-0.1, -0.05) is 187 Å². The maximum atomic E-state index is 12.8. The van der Waals surface area contributed by atoms with E-state index in [1.807, 2.05) is 0 Å². The van der Waals surface area contributed by atoms with Crippen LogP contribution in [0.3, 0.4) is 0 Å². The molecule has 0 aliphatic rings. The van der Waals surface area contributed by atoms with Crippen molar-refractivity contribution in [2.45, 2.75) is 219 Å². The van der Waals surface area contributed by atoms with E-state index in [1.54, 1.807) is 0 Å². The van der Waals surface area contributed by atoms with Crippen LogP contribution in [0.15, 0.2) is 122 Å². The number of hydrogen-bond donors (Lipinski definition) is 0. The zero-order valence-electron chi connectivity index (χ0n) is 41.7. The van der Waals surface area contributed by atoms with Crippen LogP contribution in [0.1, 0.15) is 213 Å². The van der Waals surface area contributed by atoms with Gasteiger partial charge in [-0.15, -0.1) is 0 Å². The third-order valence-corrected chi connectivity index (χ3v) is 10.4. The van der Waals surface area contributed by atoms with Crippen molar-refractivity contribution in [2.24, 2.45) is 0 Å². The summed E-state index contributed by atoms with van der Waals surface area (Å²) < 4.78 is 16.7. The zero-order chi connectivity index (χ0) is 47.2. The molecule has 0 radical (unpaired) electrons. The van der Waals surface area contributed by atoms with Gasteiger partial charge in [0.05, 0.1) is 0 Å². The van der Waals surface area contributed by atoms with Crippen molar-refractivity contribution in [1.29, 1.82) is 0 Å². The van der Waals surface area contributed by atoms with Crippen molar-refractivity contribution in [1.82, 2.24) is 0 Å². The lowest BCUT2D eigenvalue weighted by Gasteiger charge is -2.18. The number of hydrogen-bond acceptors (Lipinski definition) is 6. The maximum absolute atomic E-state index is 12.8. The maximum Gasteiger partial charge on any atom is 0.306 e. The summed E-state index contributed by atoms with van der Waals surface area (Å²) in [7, 11) is 0. The Kier molecular flexibility index (Phi) is 49.1. The van der Waals surface area contributed by atoms with Gasteiger partial charge in [-0.2, -0.15) is 0 Å². The first kappa shape index (κ1) is 60.8. The van der Waals surface area contributed by atoms with E-state index in [2.05, 4.69) is 142 Å². The summed E-state index contributed by atoms with van der Waals surface area (Å²) in [4.78, 5) is 38.0. The van der Waals surface area contributed by atoms with Gasteiger partial charge in [-0.25, -0.2) is 0 Å². The van der Waals surface area contributed by atoms with Crippen LogP contribution in [0.4, 0.5) is 0 Å². The Morgan fingerprint density at radius 1 is 0.323 bits per heavy atom. The highest BCUT2D eigenvalue weighted by Gasteiger charge is 2.19. The number of esters is 3. The molecule has 0 saturated carbocycles. The Balaban J connectivity index is 4.59. The third-order valence-electron chi connectivity index (χ3n) is 10.4. The van der Waals surface area contributed by atoms with Crippen molar-refractivity contribution < 1.29 is 28.6 Å². The third kappa shape index (κ3) is 50.7. The van der Waals surface area contributed by atoms with E-state index in [1.165, 1.54) is 51.4 Å². The second-order valence-electron chi connectivity index (χ2n) is 16.7. The van der Waals surface area contributed by atoms with Crippen LogP contribution in [-0.2, 0) is 28.6 Å². The SMILES string of the molecule is CC/C=C\C/C=C\C/C=C\C/C=C\C/C=C\CCCC(=O)OC[C@@H](COC(=O)CCCCCCC/C=C\C/C=C\CCCCC)OC(=O)CCCC/C=C\C/C=C\C/C=C\CCCCC. The first-order chi connectivity index (χ1) is 32.0. The van der Waals surface area contributed by atoms with Crippen molar-refractivity contribution in [3.63, 3.8) is 0 Å². The van der Waals surface area contributed by atoms with Gasteiger partial charge in [0, 0.05) is 19.3 Å². The lowest BCUT2D eigenvalue weighted by molar-refractivity contribution is -0.167. The standard InChI is InChI=1S/C59H94O6/c1-4-7-10-13-16-19-22-25-28-29-32-34-37-40-43-46-49-52-58(61)64-55-56(65-59(62)53-50-47-44-41-38-35-31-27-24-21-18-15-12-9-6-3)54-63-57(60)51-48-45-42-39-36-33-30-26-23-20-17-14-11-8-5-2/h7,10,16-21,25-28,30-32,34,38,40-41,43,56H,4-6,8-9,11-15,22-24,29,33,35-37,39,42,44-55H2,1-3H3/b10-7-,19-16-,20-17-,21-18-,28-25-,30-26-,31-27-,34-32-,41-38-,43-40-/t56-/m1/s1. The highest BCUT2D eigenvalue weighted by atomic mass is 16.6. The molecule has 0 aromatic rings. The highest BCUT2D eigenvalue weighted by Crippen LogP contribution is 2.11. The molecule has 0 aromatic heterocycles. The fourth-order valence-electron chi connectivity index (χ4n) is 6.51. The molecule has 0 bridgehead atoms. The number of carbonyl (C=O) groups excluding carboxylic acids is 3. The van der Waals surface area contributed by atoms with Gasteiger partial charge in [-0.3, -0.25) is 14.4 Å². The minimum Gasteiger partial charge on any atom is -0.462 e. The van der Waals surface area contributed by atoms with E-state index in [0.717, 1.165) is 109 Å². The fraction of sp³-hybridized carbons (Fsp3) is 0.610. The van der Waals surface area contributed by atoms with Gasteiger partial charge in [0.15, 0.2) is 6.10 Å². The second-order valence-corrected chi connectivity index (χ2v) is 16.7. The first-order valence-electron chi connectivity index (χ1n) is 26.0. The summed E-state index contributed by atoms with van der Waals surface area (Å²) in [6, 6.07) is 0. The zero-order valence-corrected chi connectivity index (χ0v) is 41.7. The second kappa shape index (κ2) is 52.4. The average molecular weight is 899 g/mol. The summed E-state index contributed by atoms with van der Waals surface area (Å²) >= 11 is 0. The smallest absolute Gasteiger partial charge is 0.306 e. The molecule has 1 atom stereocenters. The van der Waals surface area contributed by atoms with Gasteiger partial charge >= 0.3 is 17.9 Å². The predicted octanol–water partition coefficient (Wildman–Crippen LogP) is 17.3. The van der Waals surface area contributed by atoms with Crippen LogP contribution in [-0.4, -0.2) is 37.2 Å². The van der Waals surface area contributed by atoms with E-state index in [9.17, 15) is 14.4 Å². The van der Waals surface area contributed by atoms with Crippen LogP contribution < -0.4 is 0 Å². The van der Waals surface area contributed by atoms with E-state index in [0.29, 0.717) is 19.3 Å². The van der Waals surface area contributed by atoms with Gasteiger partial charge in [0.1, 0.15) is 13.2 Å². The van der Waals surface area contributed by atoms with Gasteiger partial charge in [-0.05, 0) is 128 Å². The molecule has 6 heteroatoms. The van der Waals surface area contributed by atoms with E-state index in [-0.39, 0.29) is 44.0 Å². The molecule has 0 N–H and O–H groups in total. The van der Waals surface area contributed by atoms with Crippen molar-refractivity contribution in [2.75, 3.05) is 13.2 Å². The largest absolute Gasteiger partial charge is 0.462 e. The average Bonchev–Trinajstić information content (AvgIpc) is 3.30. The van der Waals surface area contributed by atoms with Crippen LogP contribution in [0.25, 0.3) is 0 Å². The first-order valence-corrected chi connectivity index (χ1v) is 26.0. The van der Waals surface area contributed by atoms with Crippen LogP contribution in [0.5, 0.6) is 0 Å². The molecule has 0 saturated heterocycles. The predicted molar refractivity (Wildman–Crippen MR) is 279 cm³/mol. The van der Waals surface area contributed by atoms with E-state index < -0.39 is 6.10 Å². The topological polar surface area (TPSA) is 78.9 Å². The van der Waals surface area contributed by atoms with Crippen LogP contribution in [0.2, 0.25) is 0 Å². The Morgan fingerprint density at radius 2 is 0.615 bits per heavy atom. The molecular weight excluding hydrogens is 805 g/mol. The summed E-state index contributed by atoms with van der Waals surface area (Å²) in [5.41, 5.74) is 0. The molecule has 0 aliphatic heterocycles. The lowest BCUT2D eigenvalue weighted by Crippen LogP contribution is -2.30. The quantitative estimate of drug-likeness (QED) is 0.0262. The van der Waals surface area contributed by atoms with E-state index in [4.69, 9.17) is 14.2 Å². The lowest BCUT2D eigenvalue weighted by atomic mass is 10.1. The number of unbranched alkanes of at least 4 members (excludes halogenated alkanes) is 14. The molecule has 0 unspecified atom stereocenters. The van der Waals surface area contributed by atoms with Gasteiger partial charge < -0.3 is 14.2 Å². The summed E-state index contributed by atoms with van der Waals surface area (Å²) in [6.07, 6.45) is 71.8. The molecule has 0 spiro atoms. The molecule has 0 fully saturated rings. The molecule has 0 rings (SSSR count). The number of ether oxygens (including phenoxy) is 3. The molecule has 65 heavy (non-hydrogen) atoms. The monoisotopic (exact) mass is 899 g/mol. The van der Waals surface area contributed by atoms with E-state index >= 15 is 0 Å². The van der Waals surface area contributed by atoms with Crippen LogP contribution >= 0.6 is 0 Å². The van der Waals surface area contributed by atoms with Gasteiger partial charge in [0.2, 0.25) is 0 Å². The minimum absolute atomic E-state index is 0.122. The molecule has 6 nitrogen and oxygen atoms in total. The Hall–Kier alpha value is -4.19. The molecule has 0 aliphatic carbocycles. The molecular formula is C59H94O6. The number of allylic oxidation sites excluding steroid dienone is 20. The Labute approximate surface area is 399 Å². The van der Waals surface area contributed by atoms with Crippen molar-refractivity contribution in [3.8, 4) is 0 Å². The van der Waals surface area contributed by atoms with Crippen LogP contribution in [0, 0.1) is 0 Å². The molecule has 0 heterocycles. The minimum atomic E-state index is -0.830. The van der Waals surface area contributed by atoms with Crippen molar-refractivity contribution >= 4 is 17.9 Å². The van der Waals surface area contributed by atoms with Crippen molar-refractivity contribution in [3.05, 3.63) is 122 Å². The van der Waals surface area contributed by atoms with Gasteiger partial charge in [0.25, 0.3) is 0 Å². The number of carbonyl (C=O) groups is 3. The Bertz CT molecular complexity index is 1400. The fourth-order valence-corrected chi connectivity index (χ4v) is 6.51.